The quantitative estimate of drug-likeness (QED) is 0.541. The lowest BCUT2D eigenvalue weighted by Gasteiger charge is -2.17. The zero-order chi connectivity index (χ0) is 10.3. The molecule has 15 heavy (non-hydrogen) atoms. The summed E-state index contributed by atoms with van der Waals surface area (Å²) >= 11 is 0. The predicted octanol–water partition coefficient (Wildman–Crippen LogP) is 2.80. The van der Waals surface area contributed by atoms with Gasteiger partial charge in [0.1, 0.15) is 0 Å². The first-order chi connectivity index (χ1) is 7.36. The summed E-state index contributed by atoms with van der Waals surface area (Å²) in [5, 5.41) is 4.44. The maximum Gasteiger partial charge on any atom is 0.197 e. The summed E-state index contributed by atoms with van der Waals surface area (Å²) in [5.41, 5.74) is 2.91. The lowest BCUT2D eigenvalue weighted by Crippen LogP contribution is -2.12. The van der Waals surface area contributed by atoms with Crippen molar-refractivity contribution in [1.29, 1.82) is 0 Å². The summed E-state index contributed by atoms with van der Waals surface area (Å²) in [5.74, 6) is 0.0659. The van der Waals surface area contributed by atoms with Gasteiger partial charge in [-0.3, -0.25) is 4.79 Å². The largest absolute Gasteiger partial charge is 0.288 e. The second-order valence-electron chi connectivity index (χ2n) is 3.48. The molecular formula is C13H8NO. The predicted molar refractivity (Wildman–Crippen MR) is 57.8 cm³/mol. The molecule has 1 radical (unpaired) electrons. The van der Waals surface area contributed by atoms with E-state index in [1.807, 2.05) is 48.5 Å². The summed E-state index contributed by atoms with van der Waals surface area (Å²) < 4.78 is 0. The van der Waals surface area contributed by atoms with Gasteiger partial charge in [0.2, 0.25) is 0 Å². The first-order valence-corrected chi connectivity index (χ1v) is 4.81. The third kappa shape index (κ3) is 1.15. The van der Waals surface area contributed by atoms with Gasteiger partial charge in [-0.15, -0.1) is 0 Å². The first-order valence-electron chi connectivity index (χ1n) is 4.81. The van der Waals surface area contributed by atoms with Crippen LogP contribution < -0.4 is 5.32 Å². The topological polar surface area (TPSA) is 31.2 Å². The van der Waals surface area contributed by atoms with E-state index in [4.69, 9.17) is 0 Å². The molecule has 2 aromatic carbocycles. The molecule has 0 aromatic heterocycles. The Labute approximate surface area is 87.6 Å². The molecule has 0 fully saturated rings. The Morgan fingerprint density at radius 1 is 0.733 bits per heavy atom. The summed E-state index contributed by atoms with van der Waals surface area (Å²) in [6, 6.07) is 14.9. The molecule has 2 nitrogen and oxygen atoms in total. The molecule has 0 saturated heterocycles. The minimum Gasteiger partial charge on any atom is -0.288 e. The van der Waals surface area contributed by atoms with Crippen LogP contribution in [0, 0.1) is 0 Å². The molecule has 0 spiro atoms. The lowest BCUT2D eigenvalue weighted by atomic mass is 9.96. The third-order valence-electron chi connectivity index (χ3n) is 2.54. The minimum absolute atomic E-state index is 0.0659. The van der Waals surface area contributed by atoms with Gasteiger partial charge in [0.15, 0.2) is 5.78 Å². The molecular weight excluding hydrogens is 186 g/mol. The van der Waals surface area contributed by atoms with Crippen molar-refractivity contribution in [3.63, 3.8) is 0 Å². The molecule has 1 aliphatic heterocycles. The number of fused-ring (bicyclic) bond motifs is 2. The van der Waals surface area contributed by atoms with E-state index in [1.54, 1.807) is 0 Å². The summed E-state index contributed by atoms with van der Waals surface area (Å²) in [7, 11) is 0. The Bertz CT molecular complexity index is 498. The van der Waals surface area contributed by atoms with E-state index in [1.165, 1.54) is 0 Å². The normalized spacial score (nSPS) is 12.7. The van der Waals surface area contributed by atoms with Crippen molar-refractivity contribution in [2.45, 2.75) is 0 Å². The van der Waals surface area contributed by atoms with Gasteiger partial charge in [-0.2, -0.15) is 0 Å². The van der Waals surface area contributed by atoms with Gasteiger partial charge in [-0.1, -0.05) is 24.3 Å². The highest BCUT2D eigenvalue weighted by Crippen LogP contribution is 2.32. The van der Waals surface area contributed by atoms with Crippen molar-refractivity contribution in [3.05, 3.63) is 59.7 Å². The Kier molecular flexibility index (Phi) is 1.62. The zero-order valence-corrected chi connectivity index (χ0v) is 7.97. The Morgan fingerprint density at radius 3 is 1.73 bits per heavy atom. The molecule has 0 amide bonds. The van der Waals surface area contributed by atoms with Gasteiger partial charge in [0.25, 0.3) is 0 Å². The molecule has 0 bridgehead atoms. The van der Waals surface area contributed by atoms with Crippen LogP contribution in [-0.4, -0.2) is 5.78 Å². The number of para-hydroxylation sites is 2. The fourth-order valence-corrected chi connectivity index (χ4v) is 1.80. The second-order valence-corrected chi connectivity index (χ2v) is 3.48. The number of hydrogen-bond donors (Lipinski definition) is 0. The van der Waals surface area contributed by atoms with Crippen LogP contribution in [0.3, 0.4) is 0 Å². The molecule has 71 valence electrons. The molecule has 3 rings (SSSR count). The Balaban J connectivity index is 2.24. The van der Waals surface area contributed by atoms with Gasteiger partial charge in [0, 0.05) is 11.1 Å². The Hall–Kier alpha value is -2.09. The molecule has 2 heteroatoms. The van der Waals surface area contributed by atoms with Crippen LogP contribution in [0.2, 0.25) is 0 Å². The SMILES string of the molecule is O=C1c2ccccc2[N]c2ccccc21. The van der Waals surface area contributed by atoms with Crippen LogP contribution in [0.1, 0.15) is 15.9 Å². The summed E-state index contributed by atoms with van der Waals surface area (Å²) in [4.78, 5) is 12.0. The van der Waals surface area contributed by atoms with Crippen LogP contribution >= 0.6 is 0 Å². The van der Waals surface area contributed by atoms with Crippen molar-refractivity contribution in [2.75, 3.05) is 0 Å². The molecule has 0 unspecified atom stereocenters. The molecule has 1 heterocycles. The highest BCUT2D eigenvalue weighted by atomic mass is 16.1. The van der Waals surface area contributed by atoms with Gasteiger partial charge in [-0.05, 0) is 24.3 Å². The van der Waals surface area contributed by atoms with E-state index in [2.05, 4.69) is 5.32 Å². The number of carbonyl (C=O) groups is 1. The van der Waals surface area contributed by atoms with Crippen molar-refractivity contribution in [1.82, 2.24) is 5.32 Å². The van der Waals surface area contributed by atoms with E-state index < -0.39 is 0 Å². The molecule has 0 aliphatic carbocycles. The van der Waals surface area contributed by atoms with Crippen LogP contribution in [0.15, 0.2) is 48.5 Å². The number of hydrogen-bond acceptors (Lipinski definition) is 1. The number of ketones is 1. The second kappa shape index (κ2) is 2.95. The van der Waals surface area contributed by atoms with E-state index in [-0.39, 0.29) is 5.78 Å². The standard InChI is InChI=1S/C13H8NO/c15-13-9-5-1-3-7-11(9)14-12-8-4-2-6-10(12)13/h1-8H. The summed E-state index contributed by atoms with van der Waals surface area (Å²) in [6.45, 7) is 0. The van der Waals surface area contributed by atoms with E-state index in [9.17, 15) is 4.79 Å². The zero-order valence-electron chi connectivity index (χ0n) is 7.97. The number of benzene rings is 2. The fraction of sp³-hybridized carbons (Fsp3) is 0. The number of carbonyl (C=O) groups excluding carboxylic acids is 1. The first kappa shape index (κ1) is 8.24. The Morgan fingerprint density at radius 2 is 1.20 bits per heavy atom. The van der Waals surface area contributed by atoms with E-state index in [0.29, 0.717) is 11.1 Å². The number of rotatable bonds is 0. The molecule has 0 N–H and O–H groups in total. The summed E-state index contributed by atoms with van der Waals surface area (Å²) in [6.07, 6.45) is 0. The van der Waals surface area contributed by atoms with Crippen LogP contribution in [-0.2, 0) is 0 Å². The molecule has 0 atom stereocenters. The van der Waals surface area contributed by atoms with Crippen LogP contribution in [0.25, 0.3) is 0 Å². The monoisotopic (exact) mass is 194 g/mol. The van der Waals surface area contributed by atoms with Gasteiger partial charge in [-0.25, -0.2) is 5.32 Å². The van der Waals surface area contributed by atoms with Crippen LogP contribution in [0.4, 0.5) is 11.4 Å². The maximum atomic E-state index is 12.0. The average Bonchev–Trinajstić information content (AvgIpc) is 2.30. The van der Waals surface area contributed by atoms with Crippen molar-refractivity contribution < 1.29 is 4.79 Å². The molecule has 0 saturated carbocycles. The highest BCUT2D eigenvalue weighted by Gasteiger charge is 2.22. The van der Waals surface area contributed by atoms with E-state index in [0.717, 1.165) is 11.4 Å². The highest BCUT2D eigenvalue weighted by molar-refractivity contribution is 6.16. The van der Waals surface area contributed by atoms with Gasteiger partial charge < -0.3 is 0 Å². The fourth-order valence-electron chi connectivity index (χ4n) is 1.80. The smallest absolute Gasteiger partial charge is 0.197 e. The van der Waals surface area contributed by atoms with Crippen molar-refractivity contribution >= 4 is 17.2 Å². The maximum absolute atomic E-state index is 12.0. The number of nitrogens with zero attached hydrogens (tertiary/aromatic N) is 1. The van der Waals surface area contributed by atoms with Gasteiger partial charge in [0.05, 0.1) is 11.4 Å². The third-order valence-corrected chi connectivity index (χ3v) is 2.54. The molecule has 2 aromatic rings. The lowest BCUT2D eigenvalue weighted by molar-refractivity contribution is 0.103. The average molecular weight is 194 g/mol. The van der Waals surface area contributed by atoms with Crippen molar-refractivity contribution in [3.8, 4) is 0 Å². The molecule has 1 aliphatic rings. The minimum atomic E-state index is 0.0659. The van der Waals surface area contributed by atoms with Gasteiger partial charge >= 0.3 is 0 Å². The van der Waals surface area contributed by atoms with Crippen molar-refractivity contribution in [2.24, 2.45) is 0 Å². The van der Waals surface area contributed by atoms with E-state index >= 15 is 0 Å². The van der Waals surface area contributed by atoms with Crippen LogP contribution in [0.5, 0.6) is 0 Å².